The summed E-state index contributed by atoms with van der Waals surface area (Å²) in [7, 11) is 0. The highest BCUT2D eigenvalue weighted by atomic mass is 127. The van der Waals surface area contributed by atoms with Gasteiger partial charge in [0.05, 0.1) is 0 Å². The summed E-state index contributed by atoms with van der Waals surface area (Å²) in [5, 5.41) is 5.48. The number of benzene rings is 2. The molecular formula is C17H20FIN4O. The number of halogens is 2. The van der Waals surface area contributed by atoms with Crippen LogP contribution in [0.3, 0.4) is 0 Å². The topological polar surface area (TPSA) is 79.5 Å². The van der Waals surface area contributed by atoms with E-state index in [0.29, 0.717) is 5.69 Å². The molecule has 128 valence electrons. The van der Waals surface area contributed by atoms with E-state index in [1.165, 1.54) is 23.8 Å². The van der Waals surface area contributed by atoms with Gasteiger partial charge < -0.3 is 16.4 Å². The molecule has 0 saturated heterocycles. The lowest BCUT2D eigenvalue weighted by Gasteiger charge is -2.08. The summed E-state index contributed by atoms with van der Waals surface area (Å²) in [5.41, 5.74) is 9.26. The number of nitrogens with zero attached hydrogens (tertiary/aromatic N) is 1. The van der Waals surface area contributed by atoms with Crippen LogP contribution in [-0.4, -0.2) is 18.4 Å². The number of rotatable bonds is 4. The van der Waals surface area contributed by atoms with Gasteiger partial charge in [-0.05, 0) is 55.3 Å². The fraction of sp³-hybridized carbons (Fsp3) is 0.176. The van der Waals surface area contributed by atoms with Crippen molar-refractivity contribution in [3.05, 3.63) is 59.4 Å². The normalized spacial score (nSPS) is 10.7. The Morgan fingerprint density at radius 2 is 1.79 bits per heavy atom. The summed E-state index contributed by atoms with van der Waals surface area (Å²) >= 11 is 0. The maximum atomic E-state index is 13.0. The molecule has 5 nitrogen and oxygen atoms in total. The molecule has 1 amide bonds. The lowest BCUT2D eigenvalue weighted by Crippen LogP contribution is -2.25. The Hall–Kier alpha value is -2.16. The highest BCUT2D eigenvalue weighted by molar-refractivity contribution is 14.0. The molecule has 7 heteroatoms. The van der Waals surface area contributed by atoms with Gasteiger partial charge in [0.25, 0.3) is 0 Å². The zero-order valence-electron chi connectivity index (χ0n) is 13.5. The lowest BCUT2D eigenvalue weighted by molar-refractivity contribution is -0.114. The monoisotopic (exact) mass is 442 g/mol. The second kappa shape index (κ2) is 9.21. The van der Waals surface area contributed by atoms with Gasteiger partial charge in [-0.15, -0.1) is 24.0 Å². The number of aliphatic imine (C=N–C) groups is 1. The molecule has 0 aliphatic rings. The van der Waals surface area contributed by atoms with Crippen molar-refractivity contribution in [1.29, 1.82) is 0 Å². The van der Waals surface area contributed by atoms with Crippen LogP contribution in [-0.2, 0) is 4.79 Å². The summed E-state index contributed by atoms with van der Waals surface area (Å²) in [6, 6.07) is 11.5. The van der Waals surface area contributed by atoms with E-state index in [-0.39, 0.29) is 42.4 Å². The van der Waals surface area contributed by atoms with Gasteiger partial charge >= 0.3 is 0 Å². The van der Waals surface area contributed by atoms with E-state index in [0.717, 1.165) is 11.3 Å². The van der Waals surface area contributed by atoms with E-state index in [9.17, 15) is 9.18 Å². The van der Waals surface area contributed by atoms with Gasteiger partial charge in [-0.2, -0.15) is 0 Å². The molecule has 2 aromatic carbocycles. The number of hydrogen-bond acceptors (Lipinski definition) is 2. The smallest absolute Gasteiger partial charge is 0.246 e. The first-order valence-electron chi connectivity index (χ1n) is 7.13. The predicted molar refractivity (Wildman–Crippen MR) is 106 cm³/mol. The maximum Gasteiger partial charge on any atom is 0.246 e. The van der Waals surface area contributed by atoms with Crippen LogP contribution in [0.15, 0.2) is 47.5 Å². The number of nitrogens with two attached hydrogens (primary N) is 1. The third-order valence-electron chi connectivity index (χ3n) is 3.28. The van der Waals surface area contributed by atoms with Crippen molar-refractivity contribution in [2.45, 2.75) is 13.8 Å². The molecule has 0 heterocycles. The van der Waals surface area contributed by atoms with Crippen molar-refractivity contribution in [3.8, 4) is 0 Å². The van der Waals surface area contributed by atoms with Crippen molar-refractivity contribution in [3.63, 3.8) is 0 Å². The SMILES string of the molecule is Cc1ccc(NC(N)=NCC(=O)Nc2cccc(F)c2)cc1C.I. The second-order valence-corrected chi connectivity index (χ2v) is 5.18. The van der Waals surface area contributed by atoms with Crippen LogP contribution in [0, 0.1) is 19.7 Å². The zero-order valence-corrected chi connectivity index (χ0v) is 15.8. The van der Waals surface area contributed by atoms with Gasteiger partial charge in [-0.1, -0.05) is 12.1 Å². The molecule has 0 aromatic heterocycles. The second-order valence-electron chi connectivity index (χ2n) is 5.18. The number of amides is 1. The molecule has 0 radical (unpaired) electrons. The minimum atomic E-state index is -0.415. The fourth-order valence-electron chi connectivity index (χ4n) is 1.93. The molecule has 0 atom stereocenters. The van der Waals surface area contributed by atoms with E-state index in [1.54, 1.807) is 6.07 Å². The van der Waals surface area contributed by atoms with E-state index >= 15 is 0 Å². The standard InChI is InChI=1S/C17H19FN4O.HI/c1-11-6-7-15(8-12(11)2)22-17(19)20-10-16(23)21-14-5-3-4-13(18)9-14;/h3-9H,10H2,1-2H3,(H,21,23)(H3,19,20,22);1H. The van der Waals surface area contributed by atoms with E-state index in [1.807, 2.05) is 32.0 Å². The van der Waals surface area contributed by atoms with Crippen LogP contribution in [0.1, 0.15) is 11.1 Å². The van der Waals surface area contributed by atoms with Crippen LogP contribution in [0.25, 0.3) is 0 Å². The highest BCUT2D eigenvalue weighted by Crippen LogP contribution is 2.13. The summed E-state index contributed by atoms with van der Waals surface area (Å²) in [4.78, 5) is 15.7. The number of anilines is 2. The van der Waals surface area contributed by atoms with E-state index < -0.39 is 5.82 Å². The quantitative estimate of drug-likeness (QED) is 0.386. The Labute approximate surface area is 157 Å². The Bertz CT molecular complexity index is 749. The predicted octanol–water partition coefficient (Wildman–Crippen LogP) is 3.43. The largest absolute Gasteiger partial charge is 0.370 e. The molecule has 0 unspecified atom stereocenters. The summed E-state index contributed by atoms with van der Waals surface area (Å²) in [5.74, 6) is -0.648. The number of hydrogen-bond donors (Lipinski definition) is 3. The van der Waals surface area contributed by atoms with Gasteiger partial charge in [0, 0.05) is 11.4 Å². The third kappa shape index (κ3) is 6.15. The van der Waals surface area contributed by atoms with Crippen LogP contribution in [0.5, 0.6) is 0 Å². The Morgan fingerprint density at radius 1 is 1.08 bits per heavy atom. The minimum Gasteiger partial charge on any atom is -0.370 e. The number of guanidine groups is 1. The Balaban J connectivity index is 0.00000288. The molecule has 0 fully saturated rings. The van der Waals surface area contributed by atoms with E-state index in [2.05, 4.69) is 15.6 Å². The highest BCUT2D eigenvalue weighted by Gasteiger charge is 2.03. The number of nitrogens with one attached hydrogen (secondary N) is 2. The molecule has 4 N–H and O–H groups in total. The van der Waals surface area contributed by atoms with Crippen molar-refractivity contribution in [1.82, 2.24) is 0 Å². The van der Waals surface area contributed by atoms with Crippen molar-refractivity contribution < 1.29 is 9.18 Å². The van der Waals surface area contributed by atoms with Crippen LogP contribution < -0.4 is 16.4 Å². The van der Waals surface area contributed by atoms with Crippen molar-refractivity contribution in [2.75, 3.05) is 17.2 Å². The van der Waals surface area contributed by atoms with Gasteiger partial charge in [0.2, 0.25) is 5.91 Å². The Kier molecular flexibility index (Phi) is 7.63. The van der Waals surface area contributed by atoms with Crippen LogP contribution in [0.4, 0.5) is 15.8 Å². The summed E-state index contributed by atoms with van der Waals surface area (Å²) in [6.07, 6.45) is 0. The average molecular weight is 442 g/mol. The molecule has 2 aromatic rings. The van der Waals surface area contributed by atoms with Gasteiger partial charge in [0.15, 0.2) is 5.96 Å². The van der Waals surface area contributed by atoms with E-state index in [4.69, 9.17) is 5.73 Å². The zero-order chi connectivity index (χ0) is 16.8. The first-order chi connectivity index (χ1) is 10.9. The van der Waals surface area contributed by atoms with Crippen LogP contribution >= 0.6 is 24.0 Å². The summed E-state index contributed by atoms with van der Waals surface area (Å²) < 4.78 is 13.0. The third-order valence-corrected chi connectivity index (χ3v) is 3.28. The number of carbonyl (C=O) groups is 1. The lowest BCUT2D eigenvalue weighted by atomic mass is 10.1. The summed E-state index contributed by atoms with van der Waals surface area (Å²) in [6.45, 7) is 3.87. The molecule has 2 rings (SSSR count). The van der Waals surface area contributed by atoms with Crippen LogP contribution in [0.2, 0.25) is 0 Å². The molecule has 0 spiro atoms. The van der Waals surface area contributed by atoms with Gasteiger partial charge in [-0.3, -0.25) is 4.79 Å². The molecular weight excluding hydrogens is 422 g/mol. The first-order valence-corrected chi connectivity index (χ1v) is 7.13. The molecule has 0 aliphatic heterocycles. The molecule has 24 heavy (non-hydrogen) atoms. The maximum absolute atomic E-state index is 13.0. The molecule has 0 bridgehead atoms. The average Bonchev–Trinajstić information content (AvgIpc) is 2.49. The first kappa shape index (κ1) is 19.9. The van der Waals surface area contributed by atoms with Crippen molar-refractivity contribution in [2.24, 2.45) is 10.7 Å². The molecule has 0 saturated carbocycles. The Morgan fingerprint density at radius 3 is 2.46 bits per heavy atom. The molecule has 0 aliphatic carbocycles. The minimum absolute atomic E-state index is 0. The number of aryl methyl sites for hydroxylation is 2. The number of carbonyl (C=O) groups excluding carboxylic acids is 1. The fourth-order valence-corrected chi connectivity index (χ4v) is 1.93. The van der Waals surface area contributed by atoms with Crippen molar-refractivity contribution >= 4 is 47.2 Å². The van der Waals surface area contributed by atoms with Gasteiger partial charge in [-0.25, -0.2) is 9.38 Å². The van der Waals surface area contributed by atoms with Gasteiger partial charge in [0.1, 0.15) is 12.4 Å².